The monoisotopic (exact) mass is 221 g/mol. The highest BCUT2D eigenvalue weighted by Gasteiger charge is 2.14. The summed E-state index contributed by atoms with van der Waals surface area (Å²) in [4.78, 5) is 10.9. The lowest BCUT2D eigenvalue weighted by molar-refractivity contribution is 0.0684. The van der Waals surface area contributed by atoms with Crippen LogP contribution in [0.2, 0.25) is 0 Å². The van der Waals surface area contributed by atoms with Crippen LogP contribution in [0.4, 0.5) is 0 Å². The third kappa shape index (κ3) is 1.69. The highest BCUT2D eigenvalue weighted by Crippen LogP contribution is 2.14. The van der Waals surface area contributed by atoms with Crippen LogP contribution in [0.1, 0.15) is 27.5 Å². The molecule has 2 heterocycles. The zero-order chi connectivity index (χ0) is 11.7. The summed E-state index contributed by atoms with van der Waals surface area (Å²) >= 11 is 0. The molecule has 1 N–H and O–H groups in total. The topological polar surface area (TPSA) is 81.2 Å². The fourth-order valence-electron chi connectivity index (χ4n) is 1.52. The minimum absolute atomic E-state index is 0.153. The second-order valence-electron chi connectivity index (χ2n) is 3.48. The van der Waals surface area contributed by atoms with Crippen molar-refractivity contribution in [3.8, 4) is 0 Å². The molecular weight excluding hydrogens is 210 g/mol. The standard InChI is InChI=1S/C10H11N3O3/c1-6-8(7(2)16-12-6)5-13-9(10(14)15)3-4-11-13/h3-4H,5H2,1-2H3,(H,14,15). The van der Waals surface area contributed by atoms with Gasteiger partial charge in [-0.3, -0.25) is 4.68 Å². The van der Waals surface area contributed by atoms with Gasteiger partial charge in [-0.2, -0.15) is 5.10 Å². The maximum absolute atomic E-state index is 10.9. The zero-order valence-electron chi connectivity index (χ0n) is 8.97. The van der Waals surface area contributed by atoms with E-state index in [9.17, 15) is 4.79 Å². The van der Waals surface area contributed by atoms with E-state index in [1.807, 2.05) is 6.92 Å². The van der Waals surface area contributed by atoms with Crippen LogP contribution in [-0.4, -0.2) is 26.0 Å². The molecule has 0 aromatic carbocycles. The van der Waals surface area contributed by atoms with Gasteiger partial charge >= 0.3 is 5.97 Å². The van der Waals surface area contributed by atoms with Gasteiger partial charge in [0.1, 0.15) is 11.5 Å². The summed E-state index contributed by atoms with van der Waals surface area (Å²) in [5.74, 6) is -0.311. The molecule has 0 aliphatic carbocycles. The molecule has 2 rings (SSSR count). The van der Waals surface area contributed by atoms with Crippen LogP contribution < -0.4 is 0 Å². The first-order chi connectivity index (χ1) is 7.59. The van der Waals surface area contributed by atoms with E-state index >= 15 is 0 Å². The number of aromatic nitrogens is 3. The Kier molecular flexibility index (Phi) is 2.47. The molecule has 0 radical (unpaired) electrons. The van der Waals surface area contributed by atoms with Crippen molar-refractivity contribution in [3.05, 3.63) is 35.0 Å². The molecule has 0 aliphatic rings. The average molecular weight is 221 g/mol. The first kappa shape index (κ1) is 10.4. The minimum atomic E-state index is -0.996. The van der Waals surface area contributed by atoms with E-state index in [0.29, 0.717) is 12.3 Å². The number of carboxylic acids is 1. The summed E-state index contributed by atoms with van der Waals surface area (Å²) in [5.41, 5.74) is 1.77. The molecule has 0 saturated carbocycles. The third-order valence-electron chi connectivity index (χ3n) is 2.42. The molecule has 6 nitrogen and oxygen atoms in total. The van der Waals surface area contributed by atoms with Crippen molar-refractivity contribution in [2.24, 2.45) is 0 Å². The first-order valence-corrected chi connectivity index (χ1v) is 4.76. The zero-order valence-corrected chi connectivity index (χ0v) is 8.97. The second-order valence-corrected chi connectivity index (χ2v) is 3.48. The number of aromatic carboxylic acids is 1. The molecule has 0 atom stereocenters. The molecule has 2 aromatic rings. The summed E-state index contributed by atoms with van der Waals surface area (Å²) in [6.07, 6.45) is 1.46. The molecule has 0 fully saturated rings. The minimum Gasteiger partial charge on any atom is -0.477 e. The number of carboxylic acid groups (broad SMARTS) is 1. The fourth-order valence-corrected chi connectivity index (χ4v) is 1.52. The van der Waals surface area contributed by atoms with Crippen LogP contribution >= 0.6 is 0 Å². The van der Waals surface area contributed by atoms with Crippen molar-refractivity contribution in [3.63, 3.8) is 0 Å². The quantitative estimate of drug-likeness (QED) is 0.843. The van der Waals surface area contributed by atoms with Crippen LogP contribution in [0.15, 0.2) is 16.8 Å². The lowest BCUT2D eigenvalue weighted by Gasteiger charge is -2.03. The first-order valence-electron chi connectivity index (χ1n) is 4.76. The van der Waals surface area contributed by atoms with Gasteiger partial charge in [-0.05, 0) is 19.9 Å². The molecule has 2 aromatic heterocycles. The predicted octanol–water partition coefficient (Wildman–Crippen LogP) is 1.23. The van der Waals surface area contributed by atoms with Crippen LogP contribution in [0.25, 0.3) is 0 Å². The summed E-state index contributed by atoms with van der Waals surface area (Å²) in [6, 6.07) is 1.46. The highest BCUT2D eigenvalue weighted by molar-refractivity contribution is 5.85. The van der Waals surface area contributed by atoms with Gasteiger partial charge in [0.05, 0.1) is 12.2 Å². The molecule has 0 bridgehead atoms. The van der Waals surface area contributed by atoms with Crippen LogP contribution in [0.5, 0.6) is 0 Å². The Morgan fingerprint density at radius 2 is 2.31 bits per heavy atom. The molecule has 16 heavy (non-hydrogen) atoms. The van der Waals surface area contributed by atoms with Crippen molar-refractivity contribution >= 4 is 5.97 Å². The van der Waals surface area contributed by atoms with Gasteiger partial charge in [-0.1, -0.05) is 5.16 Å². The number of nitrogens with zero attached hydrogens (tertiary/aromatic N) is 3. The normalized spacial score (nSPS) is 10.6. The SMILES string of the molecule is Cc1noc(C)c1Cn1nccc1C(=O)O. The van der Waals surface area contributed by atoms with Crippen molar-refractivity contribution in [2.75, 3.05) is 0 Å². The Morgan fingerprint density at radius 1 is 1.56 bits per heavy atom. The van der Waals surface area contributed by atoms with E-state index in [4.69, 9.17) is 9.63 Å². The fraction of sp³-hybridized carbons (Fsp3) is 0.300. The average Bonchev–Trinajstić information content (AvgIpc) is 2.80. The number of hydrogen-bond donors (Lipinski definition) is 1. The lowest BCUT2D eigenvalue weighted by atomic mass is 10.2. The molecule has 0 aliphatic heterocycles. The maximum Gasteiger partial charge on any atom is 0.354 e. The number of aryl methyl sites for hydroxylation is 2. The third-order valence-corrected chi connectivity index (χ3v) is 2.42. The molecule has 6 heteroatoms. The van der Waals surface area contributed by atoms with Gasteiger partial charge in [0.25, 0.3) is 0 Å². The Hall–Kier alpha value is -2.11. The molecule has 0 spiro atoms. The van der Waals surface area contributed by atoms with E-state index in [0.717, 1.165) is 11.3 Å². The predicted molar refractivity (Wildman–Crippen MR) is 54.3 cm³/mol. The van der Waals surface area contributed by atoms with Gasteiger partial charge in [0, 0.05) is 11.8 Å². The lowest BCUT2D eigenvalue weighted by Crippen LogP contribution is -2.11. The second kappa shape index (κ2) is 3.80. The summed E-state index contributed by atoms with van der Waals surface area (Å²) in [6.45, 7) is 3.96. The van der Waals surface area contributed by atoms with Crippen LogP contribution in [-0.2, 0) is 6.54 Å². The van der Waals surface area contributed by atoms with Crippen LogP contribution in [0, 0.1) is 13.8 Å². The Balaban J connectivity index is 2.34. The van der Waals surface area contributed by atoms with Crippen molar-refractivity contribution in [1.29, 1.82) is 0 Å². The van der Waals surface area contributed by atoms with Gasteiger partial charge in [0.2, 0.25) is 0 Å². The smallest absolute Gasteiger partial charge is 0.354 e. The number of hydrogen-bond acceptors (Lipinski definition) is 4. The summed E-state index contributed by atoms with van der Waals surface area (Å²) in [5, 5.41) is 16.7. The largest absolute Gasteiger partial charge is 0.477 e. The Bertz CT molecular complexity index is 508. The van der Waals surface area contributed by atoms with E-state index in [-0.39, 0.29) is 5.69 Å². The van der Waals surface area contributed by atoms with Crippen molar-refractivity contribution in [1.82, 2.24) is 14.9 Å². The molecule has 0 saturated heterocycles. The van der Waals surface area contributed by atoms with Gasteiger partial charge in [-0.15, -0.1) is 0 Å². The van der Waals surface area contributed by atoms with E-state index in [2.05, 4.69) is 10.3 Å². The maximum atomic E-state index is 10.9. The van der Waals surface area contributed by atoms with Crippen molar-refractivity contribution < 1.29 is 14.4 Å². The Morgan fingerprint density at radius 3 is 2.88 bits per heavy atom. The molecule has 84 valence electrons. The van der Waals surface area contributed by atoms with Gasteiger partial charge in [0.15, 0.2) is 0 Å². The van der Waals surface area contributed by atoms with Crippen molar-refractivity contribution in [2.45, 2.75) is 20.4 Å². The summed E-state index contributed by atoms with van der Waals surface area (Å²) in [7, 11) is 0. The van der Waals surface area contributed by atoms with Gasteiger partial charge < -0.3 is 9.63 Å². The van der Waals surface area contributed by atoms with E-state index in [1.165, 1.54) is 16.9 Å². The van der Waals surface area contributed by atoms with E-state index < -0.39 is 5.97 Å². The molecular formula is C10H11N3O3. The molecule has 0 unspecified atom stereocenters. The van der Waals surface area contributed by atoms with Crippen LogP contribution in [0.3, 0.4) is 0 Å². The number of rotatable bonds is 3. The highest BCUT2D eigenvalue weighted by atomic mass is 16.5. The summed E-state index contributed by atoms with van der Waals surface area (Å²) < 4.78 is 6.42. The molecule has 0 amide bonds. The Labute approximate surface area is 91.5 Å². The van der Waals surface area contributed by atoms with Gasteiger partial charge in [-0.25, -0.2) is 4.79 Å². The van der Waals surface area contributed by atoms with E-state index in [1.54, 1.807) is 6.92 Å². The number of carbonyl (C=O) groups is 1.